The largest absolute Gasteiger partial charge is 0.508 e. The molecule has 0 radical (unpaired) electrons. The molecule has 3 aromatic carbocycles. The fourth-order valence-electron chi connectivity index (χ4n) is 3.02. The van der Waals surface area contributed by atoms with E-state index in [2.05, 4.69) is 5.43 Å². The Kier molecular flexibility index (Phi) is 5.71. The first kappa shape index (κ1) is 21.0. The van der Waals surface area contributed by atoms with Crippen LogP contribution in [0.3, 0.4) is 0 Å². The molecule has 3 N–H and O–H groups in total. The summed E-state index contributed by atoms with van der Waals surface area (Å²) in [6.45, 7) is -1.34. The van der Waals surface area contributed by atoms with E-state index in [-0.39, 0.29) is 11.3 Å². The molecule has 0 unspecified atom stereocenters. The number of halogens is 3. The molecule has 0 atom stereocenters. The highest BCUT2D eigenvalue weighted by molar-refractivity contribution is 7.99. The van der Waals surface area contributed by atoms with Gasteiger partial charge in [-0.3, -0.25) is 10.2 Å². The molecule has 0 aliphatic carbocycles. The first-order valence-electron chi connectivity index (χ1n) is 9.19. The van der Waals surface area contributed by atoms with E-state index in [0.717, 1.165) is 20.9 Å². The van der Waals surface area contributed by atoms with Crippen LogP contribution in [0.1, 0.15) is 21.5 Å². The van der Waals surface area contributed by atoms with Crippen molar-refractivity contribution in [2.45, 2.75) is 16.0 Å². The molecule has 1 heterocycles. The number of aromatic hydroxyl groups is 1. The van der Waals surface area contributed by atoms with E-state index in [0.29, 0.717) is 11.4 Å². The third-order valence-corrected chi connectivity index (χ3v) is 5.59. The number of carbonyl (C=O) groups excluding carboxylic acids is 1. The first-order valence-corrected chi connectivity index (χ1v) is 10.0. The van der Waals surface area contributed by atoms with Crippen molar-refractivity contribution in [1.29, 1.82) is 0 Å². The molecule has 31 heavy (non-hydrogen) atoms. The summed E-state index contributed by atoms with van der Waals surface area (Å²) in [4.78, 5) is 18.8. The molecule has 9 heteroatoms. The summed E-state index contributed by atoms with van der Waals surface area (Å²) in [5, 5.41) is 9.62. The summed E-state index contributed by atoms with van der Waals surface area (Å²) in [6.07, 6.45) is -4.44. The number of carbonyl (C=O) groups is 1. The third-order valence-electron chi connectivity index (χ3n) is 4.45. The summed E-state index contributed by atoms with van der Waals surface area (Å²) < 4.78 is 36.9. The maximum absolute atomic E-state index is 12.3. The van der Waals surface area contributed by atoms with Crippen molar-refractivity contribution < 1.29 is 23.1 Å². The van der Waals surface area contributed by atoms with Crippen LogP contribution in [0.25, 0.3) is 0 Å². The number of hydrazine groups is 1. The Bertz CT molecular complexity index is 1160. The quantitative estimate of drug-likeness (QED) is 0.396. The van der Waals surface area contributed by atoms with Crippen molar-refractivity contribution in [3.05, 3.63) is 83.4 Å². The first-order chi connectivity index (χ1) is 14.8. The second-order valence-electron chi connectivity index (χ2n) is 6.71. The predicted octanol–water partition coefficient (Wildman–Crippen LogP) is 4.82. The molecule has 0 aromatic heterocycles. The Labute approximate surface area is 180 Å². The summed E-state index contributed by atoms with van der Waals surface area (Å²) in [7, 11) is 0. The molecular weight excluding hydrogens is 427 g/mol. The normalized spacial score (nSPS) is 12.9. The standard InChI is InChI=1S/C22H16F3N3O2S/c23-22(24,25)12-26-28-21(30)14-7-10-19-17(11-14)27-20(13-5-8-15(29)9-6-13)16-3-1-2-4-18(16)31-19/h1-11,26,29H,12H2,(H,28,30). The maximum atomic E-state index is 12.3. The third kappa shape index (κ3) is 4.89. The maximum Gasteiger partial charge on any atom is 0.402 e. The number of nitrogens with one attached hydrogen (secondary N) is 2. The van der Waals surface area contributed by atoms with Crippen LogP contribution in [0.15, 0.2) is 81.5 Å². The Morgan fingerprint density at radius 3 is 2.48 bits per heavy atom. The van der Waals surface area contributed by atoms with E-state index in [9.17, 15) is 23.1 Å². The van der Waals surface area contributed by atoms with Gasteiger partial charge in [0.1, 0.15) is 12.3 Å². The van der Waals surface area contributed by atoms with Crippen LogP contribution in [-0.2, 0) is 0 Å². The van der Waals surface area contributed by atoms with Crippen molar-refractivity contribution in [1.82, 2.24) is 10.9 Å². The number of rotatable bonds is 4. The van der Waals surface area contributed by atoms with E-state index in [4.69, 9.17) is 4.99 Å². The molecule has 1 aliphatic heterocycles. The molecule has 3 aromatic rings. The molecular formula is C22H16F3N3O2S. The van der Waals surface area contributed by atoms with Crippen molar-refractivity contribution in [3.8, 4) is 5.75 Å². The van der Waals surface area contributed by atoms with Crippen LogP contribution in [0, 0.1) is 0 Å². The van der Waals surface area contributed by atoms with Gasteiger partial charge in [0.05, 0.1) is 11.4 Å². The Hall–Kier alpha value is -3.30. The minimum Gasteiger partial charge on any atom is -0.508 e. The molecule has 5 nitrogen and oxygen atoms in total. The number of aliphatic imine (C=N–C) groups is 1. The fraction of sp³-hybridized carbons (Fsp3) is 0.0909. The molecule has 0 fully saturated rings. The highest BCUT2D eigenvalue weighted by atomic mass is 32.2. The number of phenols is 1. The van der Waals surface area contributed by atoms with E-state index in [1.165, 1.54) is 11.8 Å². The topological polar surface area (TPSA) is 73.7 Å². The molecule has 0 bridgehead atoms. The average molecular weight is 443 g/mol. The molecule has 0 saturated heterocycles. The zero-order chi connectivity index (χ0) is 22.0. The van der Waals surface area contributed by atoms with E-state index >= 15 is 0 Å². The smallest absolute Gasteiger partial charge is 0.402 e. The number of benzene rings is 3. The van der Waals surface area contributed by atoms with Crippen molar-refractivity contribution in [2.75, 3.05) is 6.54 Å². The van der Waals surface area contributed by atoms with Gasteiger partial charge in [-0.15, -0.1) is 0 Å². The van der Waals surface area contributed by atoms with Crippen molar-refractivity contribution in [2.24, 2.45) is 4.99 Å². The lowest BCUT2D eigenvalue weighted by atomic mass is 10.0. The van der Waals surface area contributed by atoms with Crippen LogP contribution in [0.5, 0.6) is 5.75 Å². The molecule has 158 valence electrons. The molecule has 0 saturated carbocycles. The van der Waals surface area contributed by atoms with E-state index in [1.807, 2.05) is 29.7 Å². The van der Waals surface area contributed by atoms with Crippen LogP contribution in [0.2, 0.25) is 0 Å². The van der Waals surface area contributed by atoms with Gasteiger partial charge in [-0.2, -0.15) is 13.2 Å². The van der Waals surface area contributed by atoms with Gasteiger partial charge in [0.2, 0.25) is 0 Å². The van der Waals surface area contributed by atoms with Gasteiger partial charge in [0, 0.05) is 26.5 Å². The van der Waals surface area contributed by atoms with Gasteiger partial charge in [-0.05, 0) is 48.5 Å². The van der Waals surface area contributed by atoms with Crippen LogP contribution >= 0.6 is 11.8 Å². The van der Waals surface area contributed by atoms with E-state index in [1.54, 1.807) is 42.5 Å². The SMILES string of the molecule is O=C(NNCC(F)(F)F)c1ccc2c(c1)N=C(c1ccc(O)cc1)c1ccccc1S2. The fourth-order valence-corrected chi connectivity index (χ4v) is 4.02. The Morgan fingerprint density at radius 2 is 1.74 bits per heavy atom. The number of alkyl halides is 3. The highest BCUT2D eigenvalue weighted by Crippen LogP contribution is 2.41. The number of phenolic OH excluding ortho intramolecular Hbond substituents is 1. The summed E-state index contributed by atoms with van der Waals surface area (Å²) in [5.74, 6) is -0.563. The molecule has 0 spiro atoms. The minimum atomic E-state index is -4.44. The van der Waals surface area contributed by atoms with Gasteiger partial charge in [0.15, 0.2) is 0 Å². The van der Waals surface area contributed by atoms with Gasteiger partial charge in [0.25, 0.3) is 5.91 Å². The lowest BCUT2D eigenvalue weighted by Crippen LogP contribution is -2.42. The van der Waals surface area contributed by atoms with E-state index < -0.39 is 18.6 Å². The number of amides is 1. The van der Waals surface area contributed by atoms with Crippen molar-refractivity contribution >= 4 is 29.1 Å². The van der Waals surface area contributed by atoms with Crippen molar-refractivity contribution in [3.63, 3.8) is 0 Å². The van der Waals surface area contributed by atoms with Crippen LogP contribution < -0.4 is 10.9 Å². The number of hydrogen-bond donors (Lipinski definition) is 3. The summed E-state index contributed by atoms with van der Waals surface area (Å²) in [5.41, 5.74) is 6.96. The lowest BCUT2D eigenvalue weighted by molar-refractivity contribution is -0.126. The molecule has 4 rings (SSSR count). The Morgan fingerprint density at radius 1 is 1.00 bits per heavy atom. The second-order valence-corrected chi connectivity index (χ2v) is 7.79. The number of fused-ring (bicyclic) bond motifs is 2. The zero-order valence-corrected chi connectivity index (χ0v) is 16.7. The molecule has 1 amide bonds. The monoisotopic (exact) mass is 443 g/mol. The predicted molar refractivity (Wildman–Crippen MR) is 112 cm³/mol. The Balaban J connectivity index is 1.71. The summed E-state index contributed by atoms with van der Waals surface area (Å²) >= 11 is 1.49. The zero-order valence-electron chi connectivity index (χ0n) is 15.9. The number of nitrogens with zero attached hydrogens (tertiary/aromatic N) is 1. The van der Waals surface area contributed by atoms with Gasteiger partial charge >= 0.3 is 6.18 Å². The molecule has 1 aliphatic rings. The van der Waals surface area contributed by atoms with Gasteiger partial charge in [-0.25, -0.2) is 10.4 Å². The average Bonchev–Trinajstić information content (AvgIpc) is 2.89. The minimum absolute atomic E-state index is 0.131. The summed E-state index contributed by atoms with van der Waals surface area (Å²) in [6, 6.07) is 19.1. The van der Waals surface area contributed by atoms with Gasteiger partial charge in [-0.1, -0.05) is 30.0 Å². The van der Waals surface area contributed by atoms with Crippen LogP contribution in [0.4, 0.5) is 18.9 Å². The van der Waals surface area contributed by atoms with Gasteiger partial charge < -0.3 is 5.11 Å². The van der Waals surface area contributed by atoms with Crippen LogP contribution in [-0.4, -0.2) is 29.4 Å². The number of hydrogen-bond acceptors (Lipinski definition) is 5. The highest BCUT2D eigenvalue weighted by Gasteiger charge is 2.27. The second kappa shape index (κ2) is 8.44. The lowest BCUT2D eigenvalue weighted by Gasteiger charge is -2.10.